The molecule has 0 amide bonds. The number of esters is 1. The lowest BCUT2D eigenvalue weighted by molar-refractivity contribution is -0.178. The average Bonchev–Trinajstić information content (AvgIpc) is 3.33. The third-order valence-corrected chi connectivity index (χ3v) is 5.44. The van der Waals surface area contributed by atoms with Crippen molar-refractivity contribution in [3.8, 4) is 0 Å². The van der Waals surface area contributed by atoms with Gasteiger partial charge in [0, 0.05) is 25.9 Å². The molecule has 136 valence electrons. The van der Waals surface area contributed by atoms with Crippen molar-refractivity contribution in [3.05, 3.63) is 35.9 Å². The predicted octanol–water partition coefficient (Wildman–Crippen LogP) is 1.63. The van der Waals surface area contributed by atoms with E-state index in [0.29, 0.717) is 31.0 Å². The largest absolute Gasteiger partial charge is 0.458 e. The molecule has 1 saturated heterocycles. The van der Waals surface area contributed by atoms with E-state index in [2.05, 4.69) is 4.99 Å². The maximum absolute atomic E-state index is 13.0. The first kappa shape index (κ1) is 17.7. The van der Waals surface area contributed by atoms with Gasteiger partial charge >= 0.3 is 5.97 Å². The summed E-state index contributed by atoms with van der Waals surface area (Å²) < 4.78 is 5.73. The highest BCUT2D eigenvalue weighted by atomic mass is 16.6. The van der Waals surface area contributed by atoms with E-state index < -0.39 is 11.6 Å². The Hall–Kier alpha value is -2.08. The highest BCUT2D eigenvalue weighted by Gasteiger charge is 2.48. The summed E-state index contributed by atoms with van der Waals surface area (Å²) in [5.41, 5.74) is 4.88. The van der Waals surface area contributed by atoms with Crippen molar-refractivity contribution in [1.82, 2.24) is 4.90 Å². The van der Waals surface area contributed by atoms with Crippen LogP contribution in [0.1, 0.15) is 37.7 Å². The van der Waals surface area contributed by atoms with E-state index in [1.54, 1.807) is 7.05 Å². The van der Waals surface area contributed by atoms with Gasteiger partial charge in [-0.3, -0.25) is 4.99 Å². The number of hydrogen-bond donors (Lipinski definition) is 2. The summed E-state index contributed by atoms with van der Waals surface area (Å²) in [7, 11) is 1.64. The van der Waals surface area contributed by atoms with E-state index in [0.717, 1.165) is 25.7 Å². The van der Waals surface area contributed by atoms with Crippen LogP contribution in [0.25, 0.3) is 0 Å². The van der Waals surface area contributed by atoms with Gasteiger partial charge in [-0.05, 0) is 18.4 Å². The van der Waals surface area contributed by atoms with Gasteiger partial charge in [-0.15, -0.1) is 0 Å². The highest BCUT2D eigenvalue weighted by molar-refractivity contribution is 5.82. The second-order valence-electron chi connectivity index (χ2n) is 6.96. The van der Waals surface area contributed by atoms with Crippen molar-refractivity contribution in [2.75, 3.05) is 20.1 Å². The number of rotatable bonds is 4. The molecule has 1 aromatic carbocycles. The number of carbonyl (C=O) groups excluding carboxylic acids is 1. The lowest BCUT2D eigenvalue weighted by Crippen LogP contribution is -2.45. The van der Waals surface area contributed by atoms with Crippen LogP contribution in [0.2, 0.25) is 0 Å². The first-order valence-corrected chi connectivity index (χ1v) is 9.02. The number of benzene rings is 1. The molecule has 0 bridgehead atoms. The van der Waals surface area contributed by atoms with E-state index in [1.807, 2.05) is 35.2 Å². The second kappa shape index (κ2) is 7.44. The van der Waals surface area contributed by atoms with Crippen molar-refractivity contribution in [2.24, 2.45) is 16.6 Å². The fourth-order valence-electron chi connectivity index (χ4n) is 3.97. The topological polar surface area (TPSA) is 88.1 Å². The Bertz CT molecular complexity index is 628. The molecule has 0 aromatic heterocycles. The standard InChI is InChI=1S/C19H27N3O3/c1-21-18(20)22-12-11-16(13-22)25-17(23)19(24,15-9-5-6-10-15)14-7-3-2-4-8-14/h2-4,7-8,15-16,24H,5-6,9-13H2,1H3,(H2,20,21)/t16-,19+/m1/s1. The molecule has 6 nitrogen and oxygen atoms in total. The average molecular weight is 345 g/mol. The van der Waals surface area contributed by atoms with E-state index >= 15 is 0 Å². The van der Waals surface area contributed by atoms with E-state index in [9.17, 15) is 9.90 Å². The number of aliphatic imine (C=N–C) groups is 1. The van der Waals surface area contributed by atoms with Gasteiger partial charge in [0.05, 0.1) is 6.54 Å². The van der Waals surface area contributed by atoms with Crippen LogP contribution in [0, 0.1) is 5.92 Å². The predicted molar refractivity (Wildman–Crippen MR) is 95.9 cm³/mol. The van der Waals surface area contributed by atoms with Crippen molar-refractivity contribution < 1.29 is 14.6 Å². The molecular weight excluding hydrogens is 318 g/mol. The van der Waals surface area contributed by atoms with Crippen LogP contribution in [-0.4, -0.2) is 48.2 Å². The first-order chi connectivity index (χ1) is 12.1. The van der Waals surface area contributed by atoms with Crippen molar-refractivity contribution in [1.29, 1.82) is 0 Å². The SMILES string of the molecule is CN=C(N)N1CC[C@@H](OC(=O)[C@](O)(c2ccccc2)C2CCCC2)C1. The molecule has 0 unspecified atom stereocenters. The van der Waals surface area contributed by atoms with Gasteiger partial charge < -0.3 is 20.5 Å². The van der Waals surface area contributed by atoms with Gasteiger partial charge in [0.25, 0.3) is 0 Å². The Balaban J connectivity index is 1.76. The summed E-state index contributed by atoms with van der Waals surface area (Å²) in [6.07, 6.45) is 4.17. The van der Waals surface area contributed by atoms with Crippen LogP contribution < -0.4 is 5.73 Å². The van der Waals surface area contributed by atoms with Crippen molar-refractivity contribution >= 4 is 11.9 Å². The molecule has 2 aliphatic rings. The molecule has 2 atom stereocenters. The smallest absolute Gasteiger partial charge is 0.343 e. The zero-order valence-corrected chi connectivity index (χ0v) is 14.7. The maximum Gasteiger partial charge on any atom is 0.343 e. The van der Waals surface area contributed by atoms with Crippen LogP contribution in [0.5, 0.6) is 0 Å². The number of nitrogens with two attached hydrogens (primary N) is 1. The Kier molecular flexibility index (Phi) is 5.27. The molecule has 1 heterocycles. The lowest BCUT2D eigenvalue weighted by Gasteiger charge is -2.33. The Morgan fingerprint density at radius 1 is 1.28 bits per heavy atom. The fraction of sp³-hybridized carbons (Fsp3) is 0.579. The summed E-state index contributed by atoms with van der Waals surface area (Å²) in [5, 5.41) is 11.4. The van der Waals surface area contributed by atoms with Gasteiger partial charge in [-0.1, -0.05) is 43.2 Å². The van der Waals surface area contributed by atoms with Crippen LogP contribution in [0.15, 0.2) is 35.3 Å². The van der Waals surface area contributed by atoms with Gasteiger partial charge in [0.15, 0.2) is 11.6 Å². The minimum absolute atomic E-state index is 0.0952. The maximum atomic E-state index is 13.0. The number of hydrogen-bond acceptors (Lipinski definition) is 4. The van der Waals surface area contributed by atoms with Crippen LogP contribution >= 0.6 is 0 Å². The third kappa shape index (κ3) is 3.49. The molecule has 2 fully saturated rings. The number of ether oxygens (including phenoxy) is 1. The minimum Gasteiger partial charge on any atom is -0.458 e. The molecule has 0 radical (unpaired) electrons. The van der Waals surface area contributed by atoms with Gasteiger partial charge in [-0.25, -0.2) is 4.79 Å². The van der Waals surface area contributed by atoms with Crippen LogP contribution in [-0.2, 0) is 15.1 Å². The molecule has 1 saturated carbocycles. The highest BCUT2D eigenvalue weighted by Crippen LogP contribution is 2.41. The molecule has 3 N–H and O–H groups in total. The van der Waals surface area contributed by atoms with Crippen LogP contribution in [0.3, 0.4) is 0 Å². The molecule has 25 heavy (non-hydrogen) atoms. The third-order valence-electron chi connectivity index (χ3n) is 5.44. The Morgan fingerprint density at radius 2 is 1.96 bits per heavy atom. The molecular formula is C19H27N3O3. The first-order valence-electron chi connectivity index (χ1n) is 9.02. The summed E-state index contributed by atoms with van der Waals surface area (Å²) >= 11 is 0. The minimum atomic E-state index is -1.57. The summed E-state index contributed by atoms with van der Waals surface area (Å²) in [4.78, 5) is 18.9. The zero-order valence-electron chi connectivity index (χ0n) is 14.7. The molecule has 1 aliphatic carbocycles. The number of guanidine groups is 1. The van der Waals surface area contributed by atoms with E-state index in [4.69, 9.17) is 10.5 Å². The van der Waals surface area contributed by atoms with Crippen molar-refractivity contribution in [3.63, 3.8) is 0 Å². The number of aliphatic hydroxyl groups is 1. The Morgan fingerprint density at radius 3 is 2.60 bits per heavy atom. The molecule has 6 heteroatoms. The Labute approximate surface area is 148 Å². The van der Waals surface area contributed by atoms with Crippen molar-refractivity contribution in [2.45, 2.75) is 43.8 Å². The second-order valence-corrected chi connectivity index (χ2v) is 6.96. The summed E-state index contributed by atoms with van der Waals surface area (Å²) in [6, 6.07) is 9.19. The molecule has 0 spiro atoms. The number of carbonyl (C=O) groups is 1. The number of nitrogens with zero attached hydrogens (tertiary/aromatic N) is 2. The number of likely N-dealkylation sites (tertiary alicyclic amines) is 1. The van der Waals surface area contributed by atoms with E-state index in [1.165, 1.54) is 0 Å². The molecule has 3 rings (SSSR count). The van der Waals surface area contributed by atoms with E-state index in [-0.39, 0.29) is 12.0 Å². The zero-order chi connectivity index (χ0) is 17.9. The fourth-order valence-corrected chi connectivity index (χ4v) is 3.97. The summed E-state index contributed by atoms with van der Waals surface area (Å²) in [5.74, 6) is -0.181. The summed E-state index contributed by atoms with van der Waals surface area (Å²) in [6.45, 7) is 1.22. The van der Waals surface area contributed by atoms with Crippen LogP contribution in [0.4, 0.5) is 0 Å². The van der Waals surface area contributed by atoms with Gasteiger partial charge in [0.1, 0.15) is 6.10 Å². The lowest BCUT2D eigenvalue weighted by atomic mass is 9.80. The normalized spacial score (nSPS) is 24.3. The monoisotopic (exact) mass is 345 g/mol. The van der Waals surface area contributed by atoms with Gasteiger partial charge in [0.2, 0.25) is 0 Å². The quantitative estimate of drug-likeness (QED) is 0.492. The van der Waals surface area contributed by atoms with Gasteiger partial charge in [-0.2, -0.15) is 0 Å². The molecule has 1 aromatic rings. The molecule has 1 aliphatic heterocycles.